The summed E-state index contributed by atoms with van der Waals surface area (Å²) in [6.07, 6.45) is 1.79. The van der Waals surface area contributed by atoms with Gasteiger partial charge in [-0.05, 0) is 19.8 Å². The van der Waals surface area contributed by atoms with Gasteiger partial charge in [-0.3, -0.25) is 4.79 Å². The molecule has 0 aliphatic heterocycles. The molecule has 1 saturated carbocycles. The Morgan fingerprint density at radius 2 is 1.95 bits per heavy atom. The molecule has 1 aliphatic rings. The Labute approximate surface area is 125 Å². The highest BCUT2D eigenvalue weighted by atomic mass is 32.1. The molecule has 3 rings (SSSR count). The second kappa shape index (κ2) is 5.29. The number of nitrogens with one attached hydrogen (secondary N) is 1. The van der Waals surface area contributed by atoms with Gasteiger partial charge < -0.3 is 10.4 Å². The molecule has 0 unspecified atom stereocenters. The SMILES string of the molecule is Cc1ccc(-c2nc(NC(=O)C3CC3)sc2C(=O)O)cc1. The zero-order chi connectivity index (χ0) is 15.0. The lowest BCUT2D eigenvalue weighted by atomic mass is 10.1. The minimum absolute atomic E-state index is 0.0602. The minimum atomic E-state index is -1.03. The van der Waals surface area contributed by atoms with Crippen LogP contribution in [0.3, 0.4) is 0 Å². The van der Waals surface area contributed by atoms with Crippen molar-refractivity contribution in [1.29, 1.82) is 0 Å². The van der Waals surface area contributed by atoms with Crippen molar-refractivity contribution in [2.45, 2.75) is 19.8 Å². The van der Waals surface area contributed by atoms with Crippen molar-refractivity contribution in [3.05, 3.63) is 34.7 Å². The first kappa shape index (κ1) is 13.8. The Balaban J connectivity index is 1.94. The number of aryl methyl sites for hydroxylation is 1. The minimum Gasteiger partial charge on any atom is -0.477 e. The molecule has 0 atom stereocenters. The van der Waals surface area contributed by atoms with E-state index in [-0.39, 0.29) is 16.7 Å². The molecular formula is C15H14N2O3S. The van der Waals surface area contributed by atoms with E-state index in [0.717, 1.165) is 35.3 Å². The molecule has 1 heterocycles. The van der Waals surface area contributed by atoms with Gasteiger partial charge in [0.2, 0.25) is 5.91 Å². The summed E-state index contributed by atoms with van der Waals surface area (Å²) in [7, 11) is 0. The van der Waals surface area contributed by atoms with Gasteiger partial charge in [0.05, 0.1) is 5.69 Å². The lowest BCUT2D eigenvalue weighted by Crippen LogP contribution is -2.12. The summed E-state index contributed by atoms with van der Waals surface area (Å²) in [4.78, 5) is 27.6. The summed E-state index contributed by atoms with van der Waals surface area (Å²) in [6.45, 7) is 1.96. The summed E-state index contributed by atoms with van der Waals surface area (Å²) >= 11 is 0.998. The third-order valence-electron chi connectivity index (χ3n) is 3.32. The van der Waals surface area contributed by atoms with Crippen LogP contribution in [0.5, 0.6) is 0 Å². The molecule has 1 aliphatic carbocycles. The number of hydrogen-bond acceptors (Lipinski definition) is 4. The summed E-state index contributed by atoms with van der Waals surface area (Å²) in [5, 5.41) is 12.4. The number of thiazole rings is 1. The van der Waals surface area contributed by atoms with Crippen LogP contribution in [0.4, 0.5) is 5.13 Å². The molecule has 1 fully saturated rings. The van der Waals surface area contributed by atoms with Gasteiger partial charge in [0, 0.05) is 11.5 Å². The lowest BCUT2D eigenvalue weighted by molar-refractivity contribution is -0.117. The van der Waals surface area contributed by atoms with E-state index in [9.17, 15) is 14.7 Å². The molecule has 1 aromatic carbocycles. The highest BCUT2D eigenvalue weighted by Gasteiger charge is 2.30. The monoisotopic (exact) mass is 302 g/mol. The fraction of sp³-hybridized carbons (Fsp3) is 0.267. The van der Waals surface area contributed by atoms with Crippen molar-refractivity contribution >= 4 is 28.3 Å². The van der Waals surface area contributed by atoms with Crippen LogP contribution < -0.4 is 5.32 Å². The molecule has 21 heavy (non-hydrogen) atoms. The lowest BCUT2D eigenvalue weighted by Gasteiger charge is -2.00. The topological polar surface area (TPSA) is 79.3 Å². The van der Waals surface area contributed by atoms with Crippen molar-refractivity contribution in [3.63, 3.8) is 0 Å². The molecular weight excluding hydrogens is 288 g/mol. The highest BCUT2D eigenvalue weighted by molar-refractivity contribution is 7.18. The highest BCUT2D eigenvalue weighted by Crippen LogP contribution is 2.34. The van der Waals surface area contributed by atoms with Gasteiger partial charge in [-0.1, -0.05) is 41.2 Å². The Bertz CT molecular complexity index is 702. The third kappa shape index (κ3) is 2.95. The zero-order valence-electron chi connectivity index (χ0n) is 11.4. The number of hydrogen-bond donors (Lipinski definition) is 2. The second-order valence-electron chi connectivity index (χ2n) is 5.13. The fourth-order valence-corrected chi connectivity index (χ4v) is 2.81. The van der Waals surface area contributed by atoms with Crippen molar-refractivity contribution in [1.82, 2.24) is 4.98 Å². The van der Waals surface area contributed by atoms with Gasteiger partial charge in [-0.25, -0.2) is 9.78 Å². The Morgan fingerprint density at radius 3 is 2.52 bits per heavy atom. The molecule has 0 saturated heterocycles. The Kier molecular flexibility index (Phi) is 3.47. The first-order valence-corrected chi connectivity index (χ1v) is 7.48. The number of aromatic nitrogens is 1. The largest absolute Gasteiger partial charge is 0.477 e. The van der Waals surface area contributed by atoms with Crippen molar-refractivity contribution in [2.24, 2.45) is 5.92 Å². The molecule has 0 bridgehead atoms. The summed E-state index contributed by atoms with van der Waals surface area (Å²) in [5.74, 6) is -1.05. The van der Waals surface area contributed by atoms with E-state index >= 15 is 0 Å². The van der Waals surface area contributed by atoms with Gasteiger partial charge >= 0.3 is 5.97 Å². The van der Waals surface area contributed by atoms with Crippen LogP contribution in [-0.2, 0) is 4.79 Å². The van der Waals surface area contributed by atoms with Crippen molar-refractivity contribution < 1.29 is 14.7 Å². The number of carbonyl (C=O) groups excluding carboxylic acids is 1. The number of rotatable bonds is 4. The van der Waals surface area contributed by atoms with Gasteiger partial charge in [0.15, 0.2) is 5.13 Å². The molecule has 2 N–H and O–H groups in total. The van der Waals surface area contributed by atoms with Crippen LogP contribution >= 0.6 is 11.3 Å². The normalized spacial score (nSPS) is 14.0. The predicted molar refractivity (Wildman–Crippen MR) is 80.6 cm³/mol. The molecule has 2 aromatic rings. The second-order valence-corrected chi connectivity index (χ2v) is 6.13. The maximum absolute atomic E-state index is 11.8. The zero-order valence-corrected chi connectivity index (χ0v) is 12.2. The van der Waals surface area contributed by atoms with Gasteiger partial charge in [-0.2, -0.15) is 0 Å². The van der Waals surface area contributed by atoms with E-state index in [1.165, 1.54) is 0 Å². The van der Waals surface area contributed by atoms with Crippen LogP contribution in [0.25, 0.3) is 11.3 Å². The van der Waals surface area contributed by atoms with Gasteiger partial charge in [0.1, 0.15) is 4.88 Å². The summed E-state index contributed by atoms with van der Waals surface area (Å²) in [6, 6.07) is 7.48. The van der Waals surface area contributed by atoms with Gasteiger partial charge in [-0.15, -0.1) is 0 Å². The molecule has 108 valence electrons. The molecule has 6 heteroatoms. The first-order valence-electron chi connectivity index (χ1n) is 6.66. The van der Waals surface area contributed by atoms with Crippen LogP contribution in [-0.4, -0.2) is 22.0 Å². The average Bonchev–Trinajstić information content (AvgIpc) is 3.21. The van der Waals surface area contributed by atoms with Crippen LogP contribution in [0.2, 0.25) is 0 Å². The van der Waals surface area contributed by atoms with Gasteiger partial charge in [0.25, 0.3) is 0 Å². The third-order valence-corrected chi connectivity index (χ3v) is 4.28. The van der Waals surface area contributed by atoms with Crippen LogP contribution in [0.1, 0.15) is 28.1 Å². The summed E-state index contributed by atoms with van der Waals surface area (Å²) in [5.41, 5.74) is 2.23. The first-order chi connectivity index (χ1) is 10.0. The maximum Gasteiger partial charge on any atom is 0.348 e. The quantitative estimate of drug-likeness (QED) is 0.909. The predicted octanol–water partition coefficient (Wildman–Crippen LogP) is 3.17. The number of benzene rings is 1. The summed E-state index contributed by atoms with van der Waals surface area (Å²) < 4.78 is 0. The van der Waals surface area contributed by atoms with Crippen molar-refractivity contribution in [3.8, 4) is 11.3 Å². The number of amides is 1. The molecule has 0 spiro atoms. The molecule has 5 nitrogen and oxygen atoms in total. The van der Waals surface area contributed by atoms with E-state index in [1.807, 2.05) is 31.2 Å². The van der Waals surface area contributed by atoms with E-state index in [1.54, 1.807) is 0 Å². The molecule has 0 radical (unpaired) electrons. The van der Waals surface area contributed by atoms with E-state index < -0.39 is 5.97 Å². The number of nitrogens with zero attached hydrogens (tertiary/aromatic N) is 1. The average molecular weight is 302 g/mol. The van der Waals surface area contributed by atoms with Crippen LogP contribution in [0, 0.1) is 12.8 Å². The van der Waals surface area contributed by atoms with E-state index in [2.05, 4.69) is 10.3 Å². The fourth-order valence-electron chi connectivity index (χ4n) is 1.98. The van der Waals surface area contributed by atoms with Crippen LogP contribution in [0.15, 0.2) is 24.3 Å². The molecule has 1 amide bonds. The van der Waals surface area contributed by atoms with E-state index in [4.69, 9.17) is 0 Å². The van der Waals surface area contributed by atoms with E-state index in [0.29, 0.717) is 10.8 Å². The number of aromatic carboxylic acids is 1. The van der Waals surface area contributed by atoms with Crippen molar-refractivity contribution in [2.75, 3.05) is 5.32 Å². The number of carbonyl (C=O) groups is 2. The number of carboxylic acids is 1. The Morgan fingerprint density at radius 1 is 1.29 bits per heavy atom. The smallest absolute Gasteiger partial charge is 0.348 e. The maximum atomic E-state index is 11.8. The number of anilines is 1. The molecule has 1 aromatic heterocycles. The standard InChI is InChI=1S/C15H14N2O3S/c1-8-2-4-9(5-3-8)11-12(14(19)20)21-15(16-11)17-13(18)10-6-7-10/h2-5,10H,6-7H2,1H3,(H,19,20)(H,16,17,18). The Hall–Kier alpha value is -2.21. The number of carboxylic acid groups (broad SMARTS) is 1.